The topological polar surface area (TPSA) is 3.24 Å². The summed E-state index contributed by atoms with van der Waals surface area (Å²) in [4.78, 5) is 1.66. The number of nitrogens with zero attached hydrogens (tertiary/aromatic N) is 1. The van der Waals surface area contributed by atoms with Crippen molar-refractivity contribution in [2.45, 2.75) is 32.3 Å². The van der Waals surface area contributed by atoms with Gasteiger partial charge in [-0.2, -0.15) is 13.2 Å². The van der Waals surface area contributed by atoms with Crippen LogP contribution in [0.25, 0.3) is 0 Å². The number of halogens is 4. The highest BCUT2D eigenvalue weighted by Gasteiger charge is 2.34. The molecule has 0 spiro atoms. The summed E-state index contributed by atoms with van der Waals surface area (Å²) in [6, 6.07) is 4.28. The van der Waals surface area contributed by atoms with E-state index in [1.54, 1.807) is 18.0 Å². The molecule has 5 heteroatoms. The molecule has 0 bridgehead atoms. The largest absolute Gasteiger partial charge is 0.418 e. The Kier molecular flexibility index (Phi) is 5.53. The molecule has 0 N–H and O–H groups in total. The lowest BCUT2D eigenvalue weighted by molar-refractivity contribution is -0.137. The minimum absolute atomic E-state index is 0.0818. The van der Waals surface area contributed by atoms with Crippen LogP contribution in [0.15, 0.2) is 18.2 Å². The molecule has 108 valence electrons. The molecule has 0 amide bonds. The van der Waals surface area contributed by atoms with Crippen LogP contribution in [0.5, 0.6) is 0 Å². The number of hydrogen-bond acceptors (Lipinski definition) is 1. The van der Waals surface area contributed by atoms with E-state index < -0.39 is 11.7 Å². The maximum Gasteiger partial charge on any atom is 0.418 e. The highest BCUT2D eigenvalue weighted by atomic mass is 35.5. The molecule has 1 aromatic rings. The predicted octanol–water partition coefficient (Wildman–Crippen LogP) is 4.93. The van der Waals surface area contributed by atoms with E-state index >= 15 is 0 Å². The zero-order valence-corrected chi connectivity index (χ0v) is 12.1. The molecule has 0 saturated carbocycles. The third kappa shape index (κ3) is 4.30. The molecule has 0 radical (unpaired) electrons. The van der Waals surface area contributed by atoms with Crippen LogP contribution in [0.3, 0.4) is 0 Å². The van der Waals surface area contributed by atoms with Gasteiger partial charge in [-0.05, 0) is 23.6 Å². The average Bonchev–Trinajstić information content (AvgIpc) is 2.36. The van der Waals surface area contributed by atoms with Crippen molar-refractivity contribution in [2.75, 3.05) is 18.5 Å². The monoisotopic (exact) mass is 293 g/mol. The van der Waals surface area contributed by atoms with Crippen LogP contribution in [0.1, 0.15) is 31.4 Å². The van der Waals surface area contributed by atoms with Crippen molar-refractivity contribution in [3.05, 3.63) is 29.3 Å². The summed E-state index contributed by atoms with van der Waals surface area (Å²) >= 11 is 5.61. The summed E-state index contributed by atoms with van der Waals surface area (Å²) in [7, 11) is 1.69. The Morgan fingerprint density at radius 2 is 1.95 bits per heavy atom. The average molecular weight is 294 g/mol. The lowest BCUT2D eigenvalue weighted by Gasteiger charge is -2.26. The molecular weight excluding hydrogens is 275 g/mol. The van der Waals surface area contributed by atoms with E-state index in [0.29, 0.717) is 18.0 Å². The standard InChI is InChI=1S/C14H19ClF3N/c1-4-10(2)9-19(3)13-6-5-11(8-15)7-12(13)14(16,17)18/h5-7,10H,4,8-9H2,1-3H3. The third-order valence-corrected chi connectivity index (χ3v) is 3.52. The van der Waals surface area contributed by atoms with Crippen LogP contribution in [0.2, 0.25) is 0 Å². The number of anilines is 1. The first kappa shape index (κ1) is 16.2. The van der Waals surface area contributed by atoms with E-state index in [4.69, 9.17) is 11.6 Å². The van der Waals surface area contributed by atoms with Crippen molar-refractivity contribution in [1.82, 2.24) is 0 Å². The van der Waals surface area contributed by atoms with Crippen LogP contribution in [0, 0.1) is 5.92 Å². The molecule has 0 saturated heterocycles. The summed E-state index contributed by atoms with van der Waals surface area (Å²) in [5, 5.41) is 0. The van der Waals surface area contributed by atoms with Crippen molar-refractivity contribution < 1.29 is 13.2 Å². The SMILES string of the molecule is CCC(C)CN(C)c1ccc(CCl)cc1C(F)(F)F. The fourth-order valence-corrected chi connectivity index (χ4v) is 2.09. The van der Waals surface area contributed by atoms with Gasteiger partial charge in [0.25, 0.3) is 0 Å². The molecule has 0 aromatic heterocycles. The highest BCUT2D eigenvalue weighted by Crippen LogP contribution is 2.37. The Hall–Kier alpha value is -0.900. The molecule has 0 aliphatic carbocycles. The maximum absolute atomic E-state index is 13.1. The fraction of sp³-hybridized carbons (Fsp3) is 0.571. The van der Waals surface area contributed by atoms with Gasteiger partial charge in [0, 0.05) is 25.2 Å². The normalized spacial score (nSPS) is 13.4. The van der Waals surface area contributed by atoms with Crippen molar-refractivity contribution >= 4 is 17.3 Å². The van der Waals surface area contributed by atoms with Crippen molar-refractivity contribution in [2.24, 2.45) is 5.92 Å². The zero-order valence-electron chi connectivity index (χ0n) is 11.4. The van der Waals surface area contributed by atoms with Crippen LogP contribution in [-0.2, 0) is 12.1 Å². The minimum Gasteiger partial charge on any atom is -0.374 e. The maximum atomic E-state index is 13.1. The van der Waals surface area contributed by atoms with E-state index in [1.807, 2.05) is 13.8 Å². The lowest BCUT2D eigenvalue weighted by Crippen LogP contribution is -2.26. The molecule has 0 heterocycles. The Morgan fingerprint density at radius 3 is 2.42 bits per heavy atom. The summed E-state index contributed by atoms with van der Waals surface area (Å²) in [5.41, 5.74) is 0.0767. The van der Waals surface area contributed by atoms with Crippen molar-refractivity contribution in [3.8, 4) is 0 Å². The molecule has 0 fully saturated rings. The van der Waals surface area contributed by atoms with Gasteiger partial charge in [-0.15, -0.1) is 11.6 Å². The van der Waals surface area contributed by atoms with Crippen LogP contribution in [-0.4, -0.2) is 13.6 Å². The van der Waals surface area contributed by atoms with E-state index in [9.17, 15) is 13.2 Å². The summed E-state index contributed by atoms with van der Waals surface area (Å²) < 4.78 is 39.2. The van der Waals surface area contributed by atoms with Gasteiger partial charge in [0.1, 0.15) is 0 Å². The Labute approximate surface area is 117 Å². The molecule has 1 atom stereocenters. The smallest absolute Gasteiger partial charge is 0.374 e. The molecule has 1 nitrogen and oxygen atoms in total. The quantitative estimate of drug-likeness (QED) is 0.696. The Morgan fingerprint density at radius 1 is 1.32 bits per heavy atom. The van der Waals surface area contributed by atoms with Gasteiger partial charge in [-0.1, -0.05) is 26.3 Å². The number of benzene rings is 1. The van der Waals surface area contributed by atoms with Gasteiger partial charge in [0.15, 0.2) is 0 Å². The molecule has 1 rings (SSSR count). The van der Waals surface area contributed by atoms with Gasteiger partial charge in [-0.25, -0.2) is 0 Å². The first-order valence-corrected chi connectivity index (χ1v) is 6.80. The Balaban J connectivity index is 3.12. The van der Waals surface area contributed by atoms with Crippen molar-refractivity contribution in [1.29, 1.82) is 0 Å². The second kappa shape index (κ2) is 6.51. The van der Waals surface area contributed by atoms with E-state index in [2.05, 4.69) is 0 Å². The number of hydrogen-bond donors (Lipinski definition) is 0. The number of alkyl halides is 4. The van der Waals surface area contributed by atoms with E-state index in [-0.39, 0.29) is 11.6 Å². The van der Waals surface area contributed by atoms with Gasteiger partial charge in [-0.3, -0.25) is 0 Å². The minimum atomic E-state index is -4.36. The second-order valence-electron chi connectivity index (χ2n) is 4.88. The van der Waals surface area contributed by atoms with Gasteiger partial charge >= 0.3 is 6.18 Å². The third-order valence-electron chi connectivity index (χ3n) is 3.21. The number of rotatable bonds is 5. The first-order valence-electron chi connectivity index (χ1n) is 6.26. The summed E-state index contributed by atoms with van der Waals surface area (Å²) in [6.07, 6.45) is -3.42. The first-order chi connectivity index (χ1) is 8.79. The predicted molar refractivity (Wildman–Crippen MR) is 73.7 cm³/mol. The summed E-state index contributed by atoms with van der Waals surface area (Å²) in [5.74, 6) is 0.428. The second-order valence-corrected chi connectivity index (χ2v) is 5.14. The lowest BCUT2D eigenvalue weighted by atomic mass is 10.1. The Bertz CT molecular complexity index is 418. The highest BCUT2D eigenvalue weighted by molar-refractivity contribution is 6.17. The van der Waals surface area contributed by atoms with Crippen LogP contribution < -0.4 is 4.90 Å². The molecule has 1 aromatic carbocycles. The van der Waals surface area contributed by atoms with E-state index in [1.165, 1.54) is 6.07 Å². The fourth-order valence-electron chi connectivity index (χ4n) is 1.92. The molecule has 1 unspecified atom stereocenters. The van der Waals surface area contributed by atoms with E-state index in [0.717, 1.165) is 12.5 Å². The molecule has 0 aliphatic rings. The summed E-state index contributed by atoms with van der Waals surface area (Å²) in [6.45, 7) is 4.65. The zero-order chi connectivity index (χ0) is 14.6. The molecule has 0 aliphatic heterocycles. The molecular formula is C14H19ClF3N. The van der Waals surface area contributed by atoms with Gasteiger partial charge in [0.2, 0.25) is 0 Å². The van der Waals surface area contributed by atoms with Gasteiger partial charge in [0.05, 0.1) is 5.56 Å². The van der Waals surface area contributed by atoms with Crippen molar-refractivity contribution in [3.63, 3.8) is 0 Å². The molecule has 19 heavy (non-hydrogen) atoms. The van der Waals surface area contributed by atoms with Gasteiger partial charge < -0.3 is 4.90 Å². The van der Waals surface area contributed by atoms with Crippen LogP contribution >= 0.6 is 11.6 Å². The van der Waals surface area contributed by atoms with Crippen LogP contribution in [0.4, 0.5) is 18.9 Å².